The number of carbonyl (C=O) groups is 1. The number of ether oxygens (including phenoxy) is 1. The van der Waals surface area contributed by atoms with Crippen molar-refractivity contribution < 1.29 is 14.6 Å². The van der Waals surface area contributed by atoms with E-state index in [-0.39, 0.29) is 19.1 Å². The maximum absolute atomic E-state index is 12.2. The monoisotopic (exact) mass is 372 g/mol. The first-order valence-electron chi connectivity index (χ1n) is 8.04. The second kappa shape index (κ2) is 7.77. The van der Waals surface area contributed by atoms with Gasteiger partial charge >= 0.3 is 0 Å². The van der Waals surface area contributed by atoms with Gasteiger partial charge in [0.25, 0.3) is 5.91 Å². The molecule has 2 heterocycles. The highest BCUT2D eigenvalue weighted by molar-refractivity contribution is 7.13. The van der Waals surface area contributed by atoms with E-state index < -0.39 is 5.60 Å². The Bertz CT molecular complexity index is 873. The fourth-order valence-electron chi connectivity index (χ4n) is 2.39. The summed E-state index contributed by atoms with van der Waals surface area (Å²) >= 11 is 1.37. The van der Waals surface area contributed by atoms with Crippen molar-refractivity contribution in [2.75, 3.05) is 20.3 Å². The van der Waals surface area contributed by atoms with E-state index >= 15 is 0 Å². The molecule has 3 rings (SSSR count). The molecular weight excluding hydrogens is 352 g/mol. The van der Waals surface area contributed by atoms with Crippen LogP contribution in [0.5, 0.6) is 0 Å². The molecule has 26 heavy (non-hydrogen) atoms. The molecule has 7 nitrogen and oxygen atoms in total. The summed E-state index contributed by atoms with van der Waals surface area (Å²) in [5.74, 6) is -0.334. The molecule has 1 amide bonds. The fourth-order valence-corrected chi connectivity index (χ4v) is 3.16. The largest absolute Gasteiger partial charge is 0.386 e. The van der Waals surface area contributed by atoms with E-state index in [1.807, 2.05) is 36.5 Å². The van der Waals surface area contributed by atoms with E-state index in [1.165, 1.54) is 18.4 Å². The molecule has 0 unspecified atom stereocenters. The number of para-hydroxylation sites is 1. The number of aliphatic hydroxyl groups is 1. The molecule has 0 saturated heterocycles. The molecule has 136 valence electrons. The van der Waals surface area contributed by atoms with Gasteiger partial charge in [-0.05, 0) is 19.1 Å². The Hall–Kier alpha value is -2.55. The average Bonchev–Trinajstić information content (AvgIpc) is 3.30. The molecule has 2 N–H and O–H groups in total. The summed E-state index contributed by atoms with van der Waals surface area (Å²) in [6, 6.07) is 9.76. The highest BCUT2D eigenvalue weighted by Crippen LogP contribution is 2.24. The van der Waals surface area contributed by atoms with Gasteiger partial charge in [-0.1, -0.05) is 18.2 Å². The third kappa shape index (κ3) is 4.34. The molecule has 8 heteroatoms. The molecule has 0 radical (unpaired) electrons. The molecule has 1 aromatic carbocycles. The third-order valence-corrected chi connectivity index (χ3v) is 4.56. The molecule has 0 spiro atoms. The quantitative estimate of drug-likeness (QED) is 0.663. The number of nitrogens with one attached hydrogen (secondary N) is 1. The maximum Gasteiger partial charge on any atom is 0.270 e. The fraction of sp³-hybridized carbons (Fsp3) is 0.278. The van der Waals surface area contributed by atoms with Crippen molar-refractivity contribution in [3.63, 3.8) is 0 Å². The number of aromatic nitrogens is 3. The Balaban J connectivity index is 1.68. The Morgan fingerprint density at radius 1 is 1.38 bits per heavy atom. The normalized spacial score (nSPS) is 13.3. The van der Waals surface area contributed by atoms with Crippen molar-refractivity contribution in [2.24, 2.45) is 0 Å². The van der Waals surface area contributed by atoms with Gasteiger partial charge in [0.2, 0.25) is 0 Å². The zero-order valence-corrected chi connectivity index (χ0v) is 15.4. The minimum Gasteiger partial charge on any atom is -0.386 e. The number of nitrogens with zero attached hydrogens (tertiary/aromatic N) is 3. The van der Waals surface area contributed by atoms with E-state index in [0.717, 1.165) is 11.3 Å². The van der Waals surface area contributed by atoms with E-state index in [2.05, 4.69) is 15.4 Å². The molecule has 0 aliphatic carbocycles. The van der Waals surface area contributed by atoms with Gasteiger partial charge in [-0.2, -0.15) is 5.10 Å². The summed E-state index contributed by atoms with van der Waals surface area (Å²) in [6.07, 6.45) is 3.59. The molecule has 0 saturated carbocycles. The van der Waals surface area contributed by atoms with Crippen LogP contribution >= 0.6 is 11.3 Å². The van der Waals surface area contributed by atoms with Crippen molar-refractivity contribution in [2.45, 2.75) is 12.5 Å². The number of hydrogen-bond donors (Lipinski definition) is 2. The first kappa shape index (κ1) is 18.2. The van der Waals surface area contributed by atoms with Crippen LogP contribution in [0.1, 0.15) is 17.4 Å². The van der Waals surface area contributed by atoms with Crippen molar-refractivity contribution in [3.8, 4) is 16.3 Å². The van der Waals surface area contributed by atoms with Crippen LogP contribution in [0.4, 0.5) is 0 Å². The molecule has 0 aliphatic rings. The van der Waals surface area contributed by atoms with Crippen molar-refractivity contribution >= 4 is 17.2 Å². The smallest absolute Gasteiger partial charge is 0.270 e. The molecule has 3 aromatic rings. The van der Waals surface area contributed by atoms with Crippen molar-refractivity contribution in [3.05, 3.63) is 53.8 Å². The zero-order valence-electron chi connectivity index (χ0n) is 14.5. The number of rotatable bonds is 7. The average molecular weight is 372 g/mol. The lowest BCUT2D eigenvalue weighted by atomic mass is 10.1. The first-order chi connectivity index (χ1) is 12.5. The van der Waals surface area contributed by atoms with Crippen LogP contribution in [0.3, 0.4) is 0 Å². The highest BCUT2D eigenvalue weighted by Gasteiger charge is 2.22. The van der Waals surface area contributed by atoms with Crippen molar-refractivity contribution in [1.82, 2.24) is 20.1 Å². The number of thiazole rings is 1. The number of hydrogen-bond acceptors (Lipinski definition) is 6. The second-order valence-corrected chi connectivity index (χ2v) is 7.02. The molecule has 2 aromatic heterocycles. The summed E-state index contributed by atoms with van der Waals surface area (Å²) in [6.45, 7) is 1.81. The van der Waals surface area contributed by atoms with Gasteiger partial charge in [0.1, 0.15) is 16.3 Å². The summed E-state index contributed by atoms with van der Waals surface area (Å²) in [4.78, 5) is 16.6. The summed E-state index contributed by atoms with van der Waals surface area (Å²) in [7, 11) is 1.50. The maximum atomic E-state index is 12.2. The first-order valence-corrected chi connectivity index (χ1v) is 8.92. The van der Waals surface area contributed by atoms with E-state index in [0.29, 0.717) is 10.7 Å². The predicted octanol–water partition coefficient (Wildman–Crippen LogP) is 2.12. The van der Waals surface area contributed by atoms with Gasteiger partial charge in [0.15, 0.2) is 0 Å². The number of methoxy groups -OCH3 is 1. The minimum absolute atomic E-state index is 0.0818. The Labute approximate surface area is 155 Å². The van der Waals surface area contributed by atoms with Crippen LogP contribution in [0.25, 0.3) is 16.3 Å². The van der Waals surface area contributed by atoms with Crippen LogP contribution in [-0.2, 0) is 4.74 Å². The van der Waals surface area contributed by atoms with Gasteiger partial charge in [0, 0.05) is 30.8 Å². The lowest BCUT2D eigenvalue weighted by Crippen LogP contribution is -2.43. The lowest BCUT2D eigenvalue weighted by Gasteiger charge is -2.22. The SMILES string of the molecule is COC[C@](C)(O)CNC(=O)c1csc(-c2cnn(-c3ccccc3)c2)n1. The van der Waals surface area contributed by atoms with Gasteiger partial charge in [-0.25, -0.2) is 9.67 Å². The minimum atomic E-state index is -1.12. The third-order valence-electron chi connectivity index (χ3n) is 3.67. The number of amides is 1. The van der Waals surface area contributed by atoms with Crippen LogP contribution < -0.4 is 5.32 Å². The Kier molecular flexibility index (Phi) is 5.46. The topological polar surface area (TPSA) is 89.3 Å². The molecule has 1 atom stereocenters. The van der Waals surface area contributed by atoms with Gasteiger partial charge in [-0.3, -0.25) is 4.79 Å². The van der Waals surface area contributed by atoms with E-state index in [4.69, 9.17) is 4.74 Å². The lowest BCUT2D eigenvalue weighted by molar-refractivity contribution is -0.0147. The molecule has 0 fully saturated rings. The second-order valence-electron chi connectivity index (χ2n) is 6.16. The standard InChI is InChI=1S/C18H20N4O3S/c1-18(24,12-25-2)11-19-16(23)15-10-26-17(21-15)13-8-20-22(9-13)14-6-4-3-5-7-14/h3-10,24H,11-12H2,1-2H3,(H,19,23)/t18-/m1/s1. The van der Waals surface area contributed by atoms with E-state index in [9.17, 15) is 9.90 Å². The summed E-state index contributed by atoms with van der Waals surface area (Å²) in [5.41, 5.74) is 0.976. The number of benzene rings is 1. The van der Waals surface area contributed by atoms with Gasteiger partial charge in [0.05, 0.1) is 18.5 Å². The van der Waals surface area contributed by atoms with Crippen LogP contribution in [0.15, 0.2) is 48.1 Å². The Morgan fingerprint density at radius 2 is 2.15 bits per heavy atom. The summed E-state index contributed by atoms with van der Waals surface area (Å²) < 4.78 is 6.68. The molecular formula is C18H20N4O3S. The van der Waals surface area contributed by atoms with Gasteiger partial charge < -0.3 is 15.2 Å². The predicted molar refractivity (Wildman–Crippen MR) is 99.5 cm³/mol. The van der Waals surface area contributed by atoms with Gasteiger partial charge in [-0.15, -0.1) is 11.3 Å². The van der Waals surface area contributed by atoms with Crippen LogP contribution in [0, 0.1) is 0 Å². The highest BCUT2D eigenvalue weighted by atomic mass is 32.1. The van der Waals surface area contributed by atoms with E-state index in [1.54, 1.807) is 23.2 Å². The molecule has 0 aliphatic heterocycles. The Morgan fingerprint density at radius 3 is 2.88 bits per heavy atom. The van der Waals surface area contributed by atoms with Crippen LogP contribution in [0.2, 0.25) is 0 Å². The van der Waals surface area contributed by atoms with Crippen molar-refractivity contribution in [1.29, 1.82) is 0 Å². The zero-order chi connectivity index (χ0) is 18.6. The number of carbonyl (C=O) groups excluding carboxylic acids is 1. The molecule has 0 bridgehead atoms. The summed E-state index contributed by atoms with van der Waals surface area (Å²) in [5, 5.41) is 19.5. The van der Waals surface area contributed by atoms with Crippen LogP contribution in [-0.4, -0.2) is 51.6 Å².